The van der Waals surface area contributed by atoms with Crippen molar-refractivity contribution in [3.05, 3.63) is 0 Å². The van der Waals surface area contributed by atoms with Crippen LogP contribution in [0.2, 0.25) is 0 Å². The first-order valence-electron chi connectivity index (χ1n) is 15.6. The van der Waals surface area contributed by atoms with Crippen LogP contribution in [0.1, 0.15) is 96.3 Å². The number of ether oxygens (including phenoxy) is 4. The Kier molecular flexibility index (Phi) is 14.8. The second-order valence-electron chi connectivity index (χ2n) is 11.4. The van der Waals surface area contributed by atoms with Crippen LogP contribution in [0.25, 0.3) is 0 Å². The highest BCUT2D eigenvalue weighted by Gasteiger charge is 2.37. The van der Waals surface area contributed by atoms with Gasteiger partial charge in [0.05, 0.1) is 13.2 Å². The van der Waals surface area contributed by atoms with E-state index >= 15 is 0 Å². The zero-order valence-electron chi connectivity index (χ0n) is 25.2. The van der Waals surface area contributed by atoms with Crippen LogP contribution < -0.4 is 5.09 Å². The summed E-state index contributed by atoms with van der Waals surface area (Å²) >= 11 is 0. The van der Waals surface area contributed by atoms with Crippen molar-refractivity contribution >= 4 is 32.0 Å². The van der Waals surface area contributed by atoms with E-state index in [-0.39, 0.29) is 44.6 Å². The van der Waals surface area contributed by atoms with E-state index in [1.165, 1.54) is 11.9 Å². The lowest BCUT2D eigenvalue weighted by Gasteiger charge is -2.35. The molecule has 0 aromatic rings. The summed E-state index contributed by atoms with van der Waals surface area (Å²) in [5.41, 5.74) is 0. The van der Waals surface area contributed by atoms with E-state index in [9.17, 15) is 24.1 Å². The standard InChI is InChI=1S/C28H48N3O11P/c1-31(24(25(32)33)21-11-5-2-6-12-21)26(29)30-43(36,39-19-17-37-27(34)41-22-13-7-3-8-14-22)40-20-18-38-28(35)42-23-15-9-4-10-16-23/h21-24H,2-20H2,1H3,(H,32,33)(H2,29,30,36). The summed E-state index contributed by atoms with van der Waals surface area (Å²) in [7, 11) is -2.87. The number of carbonyl (C=O) groups is 3. The average Bonchev–Trinajstić information content (AvgIpc) is 2.99. The van der Waals surface area contributed by atoms with Crippen molar-refractivity contribution in [2.45, 2.75) is 115 Å². The first kappa shape index (κ1) is 34.9. The Labute approximate surface area is 253 Å². The number of carboxylic acid groups (broad SMARTS) is 1. The number of hydrogen-bond acceptors (Lipinski definition) is 11. The largest absolute Gasteiger partial charge is 0.508 e. The van der Waals surface area contributed by atoms with Gasteiger partial charge in [-0.25, -0.2) is 18.9 Å². The number of nitrogens with zero attached hydrogens (tertiary/aromatic N) is 1. The van der Waals surface area contributed by atoms with Gasteiger partial charge < -0.3 is 29.0 Å². The maximum atomic E-state index is 13.6. The van der Waals surface area contributed by atoms with E-state index in [4.69, 9.17) is 33.4 Å². The van der Waals surface area contributed by atoms with Gasteiger partial charge in [-0.15, -0.1) is 0 Å². The minimum atomic E-state index is -4.30. The molecule has 3 saturated carbocycles. The van der Waals surface area contributed by atoms with Crippen LogP contribution >= 0.6 is 7.75 Å². The third-order valence-corrected chi connectivity index (χ3v) is 9.65. The van der Waals surface area contributed by atoms with E-state index in [0.717, 1.165) is 83.5 Å². The van der Waals surface area contributed by atoms with Crippen LogP contribution in [-0.2, 0) is 37.4 Å². The van der Waals surface area contributed by atoms with E-state index in [1.54, 1.807) is 0 Å². The Morgan fingerprint density at radius 2 is 1.19 bits per heavy atom. The zero-order valence-corrected chi connectivity index (χ0v) is 26.1. The van der Waals surface area contributed by atoms with E-state index in [1.807, 2.05) is 0 Å². The van der Waals surface area contributed by atoms with Crippen molar-refractivity contribution in [1.29, 1.82) is 5.41 Å². The minimum absolute atomic E-state index is 0.174. The number of guanidine groups is 1. The molecule has 1 unspecified atom stereocenters. The summed E-state index contributed by atoms with van der Waals surface area (Å²) in [6, 6.07) is -1.01. The van der Waals surface area contributed by atoms with Gasteiger partial charge >= 0.3 is 26.0 Å². The quantitative estimate of drug-likeness (QED) is 0.0708. The molecule has 0 aliphatic heterocycles. The number of nitrogens with one attached hydrogen (secondary N) is 2. The van der Waals surface area contributed by atoms with Crippen LogP contribution in [0.15, 0.2) is 0 Å². The molecule has 0 heterocycles. The summed E-state index contributed by atoms with van der Waals surface area (Å²) in [4.78, 5) is 37.4. The van der Waals surface area contributed by atoms with Crippen molar-refractivity contribution < 1.29 is 52.1 Å². The molecule has 0 spiro atoms. The third-order valence-electron chi connectivity index (χ3n) is 8.12. The van der Waals surface area contributed by atoms with Gasteiger partial charge in [-0.3, -0.25) is 19.5 Å². The molecule has 0 saturated heterocycles. The normalized spacial score (nSPS) is 19.6. The van der Waals surface area contributed by atoms with Crippen molar-refractivity contribution in [2.75, 3.05) is 33.5 Å². The van der Waals surface area contributed by atoms with Gasteiger partial charge in [0.15, 0.2) is 0 Å². The summed E-state index contributed by atoms with van der Waals surface area (Å²) in [5, 5.41) is 20.8. The molecule has 3 aliphatic carbocycles. The molecule has 3 fully saturated rings. The highest BCUT2D eigenvalue weighted by Crippen LogP contribution is 2.44. The Morgan fingerprint density at radius 3 is 1.60 bits per heavy atom. The molecule has 0 radical (unpaired) electrons. The molecule has 0 aromatic heterocycles. The second kappa shape index (κ2) is 18.3. The van der Waals surface area contributed by atoms with Crippen LogP contribution in [-0.4, -0.2) is 86.0 Å². The fourth-order valence-corrected chi connectivity index (χ4v) is 7.10. The predicted octanol–water partition coefficient (Wildman–Crippen LogP) is 5.59. The van der Waals surface area contributed by atoms with Gasteiger partial charge in [-0.1, -0.05) is 32.1 Å². The van der Waals surface area contributed by atoms with Crippen LogP contribution in [0.4, 0.5) is 9.59 Å². The Bertz CT molecular complexity index is 906. The van der Waals surface area contributed by atoms with Gasteiger partial charge in [0, 0.05) is 7.05 Å². The molecular weight excluding hydrogens is 585 g/mol. The van der Waals surface area contributed by atoms with Gasteiger partial charge in [-0.05, 0) is 70.1 Å². The molecule has 0 bridgehead atoms. The first-order chi connectivity index (χ1) is 20.7. The van der Waals surface area contributed by atoms with E-state index in [2.05, 4.69) is 5.09 Å². The number of likely N-dealkylation sites (N-methyl/N-ethyl adjacent to an activating group) is 1. The molecular formula is C28H48N3O11P. The van der Waals surface area contributed by atoms with E-state index in [0.29, 0.717) is 12.8 Å². The Morgan fingerprint density at radius 1 is 0.767 bits per heavy atom. The fraction of sp³-hybridized carbons (Fsp3) is 0.857. The van der Waals surface area contributed by atoms with Crippen LogP contribution in [0.5, 0.6) is 0 Å². The molecule has 3 aliphatic rings. The van der Waals surface area contributed by atoms with Gasteiger partial charge in [0.2, 0.25) is 5.96 Å². The number of aliphatic carboxylic acids is 1. The molecule has 0 amide bonds. The lowest BCUT2D eigenvalue weighted by atomic mass is 9.83. The maximum Gasteiger partial charge on any atom is 0.508 e. The summed E-state index contributed by atoms with van der Waals surface area (Å²) < 4.78 is 45.1. The van der Waals surface area contributed by atoms with Crippen molar-refractivity contribution in [2.24, 2.45) is 5.92 Å². The Hall–Kier alpha value is -2.57. The number of hydrogen-bond donors (Lipinski definition) is 3. The molecule has 0 aromatic carbocycles. The zero-order chi connectivity index (χ0) is 31.1. The second-order valence-corrected chi connectivity index (χ2v) is 13.1. The molecule has 3 rings (SSSR count). The van der Waals surface area contributed by atoms with Gasteiger partial charge in [-0.2, -0.15) is 0 Å². The summed E-state index contributed by atoms with van der Waals surface area (Å²) in [6.07, 6.45) is 11.5. The average molecular weight is 634 g/mol. The smallest absolute Gasteiger partial charge is 0.480 e. The predicted molar refractivity (Wildman–Crippen MR) is 155 cm³/mol. The highest BCUT2D eigenvalue weighted by atomic mass is 31.2. The van der Waals surface area contributed by atoms with Crippen LogP contribution in [0, 0.1) is 11.3 Å². The summed E-state index contributed by atoms with van der Waals surface area (Å²) in [5.74, 6) is -1.74. The molecule has 246 valence electrons. The number of rotatable bonds is 14. The molecule has 14 nitrogen and oxygen atoms in total. The SMILES string of the molecule is CN(C(=N)NP(=O)(OCCOC(=O)OC1CCCCC1)OCCOC(=O)OC1CCCCC1)C(C(=O)O)C1CCCCC1. The Balaban J connectivity index is 1.52. The number of carbonyl (C=O) groups excluding carboxylic acids is 2. The highest BCUT2D eigenvalue weighted by molar-refractivity contribution is 7.52. The molecule has 3 N–H and O–H groups in total. The van der Waals surface area contributed by atoms with Crippen molar-refractivity contribution in [3.8, 4) is 0 Å². The number of carboxylic acids is 1. The summed E-state index contributed by atoms with van der Waals surface area (Å²) in [6.45, 7) is -1.32. The van der Waals surface area contributed by atoms with Crippen LogP contribution in [0.3, 0.4) is 0 Å². The van der Waals surface area contributed by atoms with Crippen molar-refractivity contribution in [3.63, 3.8) is 0 Å². The van der Waals surface area contributed by atoms with Crippen molar-refractivity contribution in [1.82, 2.24) is 9.99 Å². The van der Waals surface area contributed by atoms with Gasteiger partial charge in [0.25, 0.3) is 0 Å². The molecule has 43 heavy (non-hydrogen) atoms. The molecule has 15 heteroatoms. The lowest BCUT2D eigenvalue weighted by Crippen LogP contribution is -2.51. The topological polar surface area (TPSA) is 183 Å². The maximum absolute atomic E-state index is 13.6. The fourth-order valence-electron chi connectivity index (χ4n) is 5.85. The third kappa shape index (κ3) is 12.5. The monoisotopic (exact) mass is 633 g/mol. The first-order valence-corrected chi connectivity index (χ1v) is 17.1. The molecule has 1 atom stereocenters. The minimum Gasteiger partial charge on any atom is -0.480 e. The lowest BCUT2D eigenvalue weighted by molar-refractivity contribution is -0.143. The van der Waals surface area contributed by atoms with E-state index < -0.39 is 38.0 Å². The van der Waals surface area contributed by atoms with Gasteiger partial charge in [0.1, 0.15) is 31.5 Å².